The van der Waals surface area contributed by atoms with E-state index in [9.17, 15) is 29.1 Å². The first-order valence-electron chi connectivity index (χ1n) is 12.8. The number of fused-ring (bicyclic) bond motifs is 1. The molecule has 13 nitrogen and oxygen atoms in total. The number of amides is 3. The molecule has 1 aromatic carbocycles. The number of nitrogens with two attached hydrogens (primary N) is 2. The average molecular weight is 547 g/mol. The second kappa shape index (κ2) is 14.8. The SMILES string of the molecule is CC(C)C(NC(=O)C(N)CC(=O)O)C(=O)NC(Cc1c[nH]c2ccccc12)C(=O)NC(CCCCN)C(=O)O. The lowest BCUT2D eigenvalue weighted by Gasteiger charge is -2.27. The fraction of sp³-hybridized carbons (Fsp3) is 0.500. The van der Waals surface area contributed by atoms with Gasteiger partial charge in [-0.05, 0) is 43.4 Å². The Morgan fingerprint density at radius 3 is 2.21 bits per heavy atom. The molecular weight excluding hydrogens is 508 g/mol. The van der Waals surface area contributed by atoms with Gasteiger partial charge < -0.3 is 42.6 Å². The number of carboxylic acid groups (broad SMARTS) is 2. The number of aromatic nitrogens is 1. The third-order valence-electron chi connectivity index (χ3n) is 6.27. The van der Waals surface area contributed by atoms with Crippen LogP contribution in [0.3, 0.4) is 0 Å². The van der Waals surface area contributed by atoms with Gasteiger partial charge in [0.1, 0.15) is 18.1 Å². The van der Waals surface area contributed by atoms with E-state index in [-0.39, 0.29) is 12.8 Å². The maximum absolute atomic E-state index is 13.3. The predicted molar refractivity (Wildman–Crippen MR) is 143 cm³/mol. The molecule has 1 aromatic heterocycles. The molecule has 4 unspecified atom stereocenters. The number of H-pyrrole nitrogens is 1. The smallest absolute Gasteiger partial charge is 0.326 e. The van der Waals surface area contributed by atoms with E-state index >= 15 is 0 Å². The maximum Gasteiger partial charge on any atom is 0.326 e. The van der Waals surface area contributed by atoms with Gasteiger partial charge in [-0.25, -0.2) is 4.79 Å². The molecule has 0 saturated heterocycles. The van der Waals surface area contributed by atoms with Crippen molar-refractivity contribution in [3.05, 3.63) is 36.0 Å². The quantitative estimate of drug-likeness (QED) is 0.131. The Balaban J connectivity index is 2.29. The molecule has 0 aliphatic carbocycles. The fourth-order valence-electron chi connectivity index (χ4n) is 4.09. The van der Waals surface area contributed by atoms with Crippen LogP contribution in [0, 0.1) is 5.92 Å². The summed E-state index contributed by atoms with van der Waals surface area (Å²) in [6.45, 7) is 3.72. The molecule has 0 saturated carbocycles. The van der Waals surface area contributed by atoms with Crippen molar-refractivity contribution in [3.8, 4) is 0 Å². The van der Waals surface area contributed by atoms with Crippen LogP contribution < -0.4 is 27.4 Å². The number of carbonyl (C=O) groups is 5. The van der Waals surface area contributed by atoms with Gasteiger partial charge in [-0.1, -0.05) is 32.0 Å². The van der Waals surface area contributed by atoms with Gasteiger partial charge in [0.25, 0.3) is 0 Å². The van der Waals surface area contributed by atoms with Gasteiger partial charge in [0.2, 0.25) is 17.7 Å². The molecule has 0 spiro atoms. The highest BCUT2D eigenvalue weighted by atomic mass is 16.4. The van der Waals surface area contributed by atoms with Gasteiger partial charge in [-0.15, -0.1) is 0 Å². The summed E-state index contributed by atoms with van der Waals surface area (Å²) in [5.41, 5.74) is 12.7. The van der Waals surface area contributed by atoms with Crippen molar-refractivity contribution in [1.82, 2.24) is 20.9 Å². The van der Waals surface area contributed by atoms with Crippen LogP contribution in [0.25, 0.3) is 10.9 Å². The highest BCUT2D eigenvalue weighted by Gasteiger charge is 2.32. The second-order valence-electron chi connectivity index (χ2n) is 9.74. The number of hydrogen-bond donors (Lipinski definition) is 8. The summed E-state index contributed by atoms with van der Waals surface area (Å²) in [5.74, 6) is -5.14. The lowest BCUT2D eigenvalue weighted by atomic mass is 9.99. The molecule has 0 aliphatic rings. The monoisotopic (exact) mass is 546 g/mol. The molecule has 1 heterocycles. The van der Waals surface area contributed by atoms with Crippen molar-refractivity contribution in [2.45, 2.75) is 70.1 Å². The standard InChI is InChI=1S/C26H38N6O7/c1-14(2)22(32-23(35)17(28)12-21(33)34)25(37)31-20(11-15-13-29-18-8-4-3-7-16(15)18)24(36)30-19(26(38)39)9-5-6-10-27/h3-4,7-8,13-14,17,19-20,22,29H,5-6,9-12,27-28H2,1-2H3,(H,30,36)(H,31,37)(H,32,35)(H,33,34)(H,38,39). The van der Waals surface area contributed by atoms with Gasteiger partial charge >= 0.3 is 11.9 Å². The summed E-state index contributed by atoms with van der Waals surface area (Å²) in [6, 6.07) is 2.52. The van der Waals surface area contributed by atoms with Crippen molar-refractivity contribution in [1.29, 1.82) is 0 Å². The van der Waals surface area contributed by atoms with Crippen molar-refractivity contribution >= 4 is 40.6 Å². The van der Waals surface area contributed by atoms with E-state index in [0.29, 0.717) is 19.4 Å². The Morgan fingerprint density at radius 2 is 1.59 bits per heavy atom. The summed E-state index contributed by atoms with van der Waals surface area (Å²) in [7, 11) is 0. The van der Waals surface area contributed by atoms with E-state index in [1.165, 1.54) is 0 Å². The molecule has 39 heavy (non-hydrogen) atoms. The third-order valence-corrected chi connectivity index (χ3v) is 6.27. The lowest BCUT2D eigenvalue weighted by molar-refractivity contribution is -0.142. The molecular formula is C26H38N6O7. The van der Waals surface area contributed by atoms with Gasteiger partial charge in [0.15, 0.2) is 0 Å². The maximum atomic E-state index is 13.3. The van der Waals surface area contributed by atoms with Crippen molar-refractivity contribution in [3.63, 3.8) is 0 Å². The van der Waals surface area contributed by atoms with Crippen LogP contribution in [0.1, 0.15) is 45.1 Å². The minimum Gasteiger partial charge on any atom is -0.481 e. The predicted octanol–water partition coefficient (Wildman–Crippen LogP) is -0.164. The van der Waals surface area contributed by atoms with E-state index in [0.717, 1.165) is 16.5 Å². The highest BCUT2D eigenvalue weighted by Crippen LogP contribution is 2.19. The van der Waals surface area contributed by atoms with E-state index in [1.54, 1.807) is 20.0 Å². The number of hydrogen-bond acceptors (Lipinski definition) is 7. The number of para-hydroxylation sites is 1. The molecule has 2 aromatic rings. The number of aromatic amines is 1. The summed E-state index contributed by atoms with van der Waals surface area (Å²) in [4.78, 5) is 64.9. The van der Waals surface area contributed by atoms with Crippen LogP contribution in [0.5, 0.6) is 0 Å². The molecule has 0 fully saturated rings. The number of aliphatic carboxylic acids is 2. The Bertz CT molecular complexity index is 1160. The number of carboxylic acids is 2. The van der Waals surface area contributed by atoms with Crippen LogP contribution in [-0.2, 0) is 30.4 Å². The Hall–Kier alpha value is -3.97. The first-order valence-corrected chi connectivity index (χ1v) is 12.8. The molecule has 3 amide bonds. The zero-order valence-electron chi connectivity index (χ0n) is 22.1. The largest absolute Gasteiger partial charge is 0.481 e. The van der Waals surface area contributed by atoms with Gasteiger partial charge in [0.05, 0.1) is 12.5 Å². The van der Waals surface area contributed by atoms with Crippen molar-refractivity contribution in [2.24, 2.45) is 17.4 Å². The first-order chi connectivity index (χ1) is 18.4. The van der Waals surface area contributed by atoms with E-state index in [1.807, 2.05) is 24.3 Å². The molecule has 0 bridgehead atoms. The number of rotatable bonds is 16. The van der Waals surface area contributed by atoms with E-state index in [4.69, 9.17) is 16.6 Å². The average Bonchev–Trinajstić information content (AvgIpc) is 3.28. The summed E-state index contributed by atoms with van der Waals surface area (Å²) in [6.07, 6.45) is 2.37. The molecule has 10 N–H and O–H groups in total. The zero-order valence-corrected chi connectivity index (χ0v) is 22.1. The van der Waals surface area contributed by atoms with E-state index < -0.39 is 66.2 Å². The number of nitrogens with one attached hydrogen (secondary N) is 4. The van der Waals surface area contributed by atoms with E-state index in [2.05, 4.69) is 20.9 Å². The molecule has 2 rings (SSSR count). The van der Waals surface area contributed by atoms with Crippen molar-refractivity contribution < 1.29 is 34.2 Å². The van der Waals surface area contributed by atoms with Gasteiger partial charge in [-0.3, -0.25) is 19.2 Å². The first kappa shape index (κ1) is 31.2. The second-order valence-corrected chi connectivity index (χ2v) is 9.74. The van der Waals surface area contributed by atoms with Crippen LogP contribution >= 0.6 is 0 Å². The number of unbranched alkanes of at least 4 members (excludes halogenated alkanes) is 1. The molecule has 214 valence electrons. The van der Waals surface area contributed by atoms with Crippen LogP contribution in [0.2, 0.25) is 0 Å². The van der Waals surface area contributed by atoms with Crippen LogP contribution in [-0.4, -0.2) is 75.6 Å². The lowest BCUT2D eigenvalue weighted by Crippen LogP contribution is -2.59. The van der Waals surface area contributed by atoms with Gasteiger partial charge in [0, 0.05) is 23.5 Å². The molecule has 0 radical (unpaired) electrons. The zero-order chi connectivity index (χ0) is 29.1. The van der Waals surface area contributed by atoms with Crippen LogP contribution in [0.4, 0.5) is 0 Å². The summed E-state index contributed by atoms with van der Waals surface area (Å²) in [5, 5.41) is 27.0. The van der Waals surface area contributed by atoms with Gasteiger partial charge in [-0.2, -0.15) is 0 Å². The third kappa shape index (κ3) is 9.37. The Morgan fingerprint density at radius 1 is 0.923 bits per heavy atom. The van der Waals surface area contributed by atoms with Crippen molar-refractivity contribution in [2.75, 3.05) is 6.54 Å². The summed E-state index contributed by atoms with van der Waals surface area (Å²) >= 11 is 0. The fourth-order valence-corrected chi connectivity index (χ4v) is 4.09. The Labute approximate surface area is 226 Å². The minimum atomic E-state index is -1.37. The topological polar surface area (TPSA) is 230 Å². The summed E-state index contributed by atoms with van der Waals surface area (Å²) < 4.78 is 0. The Kier molecular flexibility index (Phi) is 11.9. The number of benzene rings is 1. The normalized spacial score (nSPS) is 14.3. The highest BCUT2D eigenvalue weighted by molar-refractivity contribution is 5.95. The molecule has 0 aliphatic heterocycles. The molecule has 4 atom stereocenters. The van der Waals surface area contributed by atoms with Crippen LogP contribution in [0.15, 0.2) is 30.5 Å². The minimum absolute atomic E-state index is 0.0357. The number of carbonyl (C=O) groups excluding carboxylic acids is 3. The molecule has 13 heteroatoms.